The van der Waals surface area contributed by atoms with Gasteiger partial charge in [-0.2, -0.15) is 4.31 Å². The molecule has 0 bridgehead atoms. The first kappa shape index (κ1) is 17.0. The number of piperidine rings is 1. The lowest BCUT2D eigenvalue weighted by Crippen LogP contribution is -2.61. The molecule has 0 radical (unpaired) electrons. The minimum Gasteiger partial charge on any atom is -0.338 e. The molecule has 1 saturated carbocycles. The van der Waals surface area contributed by atoms with Gasteiger partial charge in [0.05, 0.1) is 4.90 Å². The van der Waals surface area contributed by atoms with E-state index in [-0.39, 0.29) is 16.8 Å². The zero-order valence-electron chi connectivity index (χ0n) is 14.4. The Hall–Kier alpha value is -1.47. The molecule has 3 aliphatic rings. The molecule has 5 nitrogen and oxygen atoms in total. The number of likely N-dealkylation sites (tertiary alicyclic amines) is 1. The van der Waals surface area contributed by atoms with Crippen molar-refractivity contribution in [2.75, 3.05) is 13.1 Å². The number of hydrogen-bond acceptors (Lipinski definition) is 3. The van der Waals surface area contributed by atoms with E-state index in [4.69, 9.17) is 0 Å². The molecule has 1 spiro atoms. The number of sulfonamides is 1. The van der Waals surface area contributed by atoms with Crippen LogP contribution in [-0.2, 0) is 14.8 Å². The highest BCUT2D eigenvalue weighted by Gasteiger charge is 2.57. The Morgan fingerprint density at radius 1 is 1.16 bits per heavy atom. The van der Waals surface area contributed by atoms with Crippen LogP contribution in [0.4, 0.5) is 4.39 Å². The van der Waals surface area contributed by atoms with Gasteiger partial charge >= 0.3 is 0 Å². The monoisotopic (exact) mass is 366 g/mol. The average molecular weight is 366 g/mol. The Bertz CT molecular complexity index is 822. The lowest BCUT2D eigenvalue weighted by atomic mass is 9.86. The SMILES string of the molecule is Cc1ccc(S(=O)(=O)N2CCCC23CCCN(C2CC2)C3=O)cc1F. The van der Waals surface area contributed by atoms with Crippen LogP contribution in [0.25, 0.3) is 0 Å². The average Bonchev–Trinajstić information content (AvgIpc) is 3.32. The van der Waals surface area contributed by atoms with Crippen LogP contribution >= 0.6 is 0 Å². The van der Waals surface area contributed by atoms with Gasteiger partial charge in [-0.25, -0.2) is 12.8 Å². The number of halogens is 1. The Labute approximate surface area is 147 Å². The normalized spacial score (nSPS) is 28.1. The maximum atomic E-state index is 13.9. The zero-order chi connectivity index (χ0) is 17.8. The Kier molecular flexibility index (Phi) is 3.92. The summed E-state index contributed by atoms with van der Waals surface area (Å²) in [7, 11) is -3.90. The van der Waals surface area contributed by atoms with Gasteiger partial charge in [-0.1, -0.05) is 6.07 Å². The molecule has 0 aromatic heterocycles. The first-order chi connectivity index (χ1) is 11.9. The van der Waals surface area contributed by atoms with Crippen molar-refractivity contribution < 1.29 is 17.6 Å². The van der Waals surface area contributed by atoms with Gasteiger partial charge in [0, 0.05) is 19.1 Å². The van der Waals surface area contributed by atoms with Crippen molar-refractivity contribution in [1.82, 2.24) is 9.21 Å². The zero-order valence-corrected chi connectivity index (χ0v) is 15.2. The summed E-state index contributed by atoms with van der Waals surface area (Å²) in [5.41, 5.74) is -0.565. The van der Waals surface area contributed by atoms with Gasteiger partial charge in [0.15, 0.2) is 0 Å². The molecule has 1 aromatic carbocycles. The van der Waals surface area contributed by atoms with Crippen molar-refractivity contribution in [3.8, 4) is 0 Å². The van der Waals surface area contributed by atoms with Crippen LogP contribution in [0, 0.1) is 12.7 Å². The second kappa shape index (κ2) is 5.77. The van der Waals surface area contributed by atoms with Gasteiger partial charge in [0.25, 0.3) is 0 Å². The van der Waals surface area contributed by atoms with Crippen LogP contribution in [-0.4, -0.2) is 48.2 Å². The smallest absolute Gasteiger partial charge is 0.244 e. The molecule has 2 aliphatic heterocycles. The molecule has 1 aliphatic carbocycles. The number of amides is 1. The summed E-state index contributed by atoms with van der Waals surface area (Å²) < 4.78 is 41.7. The van der Waals surface area contributed by atoms with Crippen LogP contribution in [0.2, 0.25) is 0 Å². The Morgan fingerprint density at radius 2 is 1.84 bits per heavy atom. The van der Waals surface area contributed by atoms with Crippen LogP contribution in [0.15, 0.2) is 23.1 Å². The van der Waals surface area contributed by atoms with Gasteiger partial charge in [0.1, 0.15) is 11.4 Å². The highest BCUT2D eigenvalue weighted by atomic mass is 32.2. The highest BCUT2D eigenvalue weighted by Crippen LogP contribution is 2.44. The van der Waals surface area contributed by atoms with Crippen molar-refractivity contribution in [2.24, 2.45) is 0 Å². The van der Waals surface area contributed by atoms with Crippen molar-refractivity contribution in [1.29, 1.82) is 0 Å². The predicted octanol–water partition coefficient (Wildman–Crippen LogP) is 2.44. The minimum absolute atomic E-state index is 0.0464. The highest BCUT2D eigenvalue weighted by molar-refractivity contribution is 7.89. The largest absolute Gasteiger partial charge is 0.338 e. The quantitative estimate of drug-likeness (QED) is 0.826. The molecule has 1 atom stereocenters. The van der Waals surface area contributed by atoms with Gasteiger partial charge in [0.2, 0.25) is 15.9 Å². The number of nitrogens with zero attached hydrogens (tertiary/aromatic N) is 2. The number of aryl methyl sites for hydroxylation is 1. The van der Waals surface area contributed by atoms with Gasteiger partial charge in [-0.15, -0.1) is 0 Å². The second-order valence-electron chi connectivity index (χ2n) is 7.46. The summed E-state index contributed by atoms with van der Waals surface area (Å²) in [5, 5.41) is 0. The molecule has 25 heavy (non-hydrogen) atoms. The third-order valence-electron chi connectivity index (χ3n) is 5.80. The van der Waals surface area contributed by atoms with Gasteiger partial charge in [-0.3, -0.25) is 4.79 Å². The summed E-state index contributed by atoms with van der Waals surface area (Å²) in [6.07, 6.45) is 4.62. The summed E-state index contributed by atoms with van der Waals surface area (Å²) in [5.74, 6) is -0.584. The Morgan fingerprint density at radius 3 is 2.48 bits per heavy atom. The van der Waals surface area contributed by atoms with E-state index in [1.54, 1.807) is 6.92 Å². The molecule has 1 amide bonds. The number of carbonyl (C=O) groups excluding carboxylic acids is 1. The van der Waals surface area contributed by atoms with E-state index in [0.29, 0.717) is 31.4 Å². The van der Waals surface area contributed by atoms with Crippen LogP contribution in [0.3, 0.4) is 0 Å². The van der Waals surface area contributed by atoms with Crippen molar-refractivity contribution in [2.45, 2.75) is 61.9 Å². The first-order valence-electron chi connectivity index (χ1n) is 8.96. The predicted molar refractivity (Wildman–Crippen MR) is 91.0 cm³/mol. The van der Waals surface area contributed by atoms with E-state index in [1.807, 2.05) is 4.90 Å². The fraction of sp³-hybridized carbons (Fsp3) is 0.611. The van der Waals surface area contributed by atoms with Gasteiger partial charge in [-0.05, 0) is 63.1 Å². The molecule has 7 heteroatoms. The maximum absolute atomic E-state index is 13.9. The van der Waals surface area contributed by atoms with Crippen LogP contribution < -0.4 is 0 Å². The third kappa shape index (κ3) is 2.59. The molecule has 0 N–H and O–H groups in total. The maximum Gasteiger partial charge on any atom is 0.244 e. The molecular weight excluding hydrogens is 343 g/mol. The summed E-state index contributed by atoms with van der Waals surface area (Å²) in [6, 6.07) is 4.27. The lowest BCUT2D eigenvalue weighted by Gasteiger charge is -2.44. The fourth-order valence-corrected chi connectivity index (χ4v) is 6.12. The molecule has 1 unspecified atom stereocenters. The number of rotatable bonds is 3. The van der Waals surface area contributed by atoms with Crippen molar-refractivity contribution in [3.63, 3.8) is 0 Å². The number of hydrogen-bond donors (Lipinski definition) is 0. The topological polar surface area (TPSA) is 57.7 Å². The molecule has 4 rings (SSSR count). The molecule has 2 saturated heterocycles. The standard InChI is InChI=1S/C18H23FN2O3S/c1-13-4-7-15(12-16(13)19)25(23,24)21-11-3-9-18(21)8-2-10-20(17(18)22)14-5-6-14/h4,7,12,14H,2-3,5-6,8-11H2,1H3. The van der Waals surface area contributed by atoms with Crippen molar-refractivity contribution >= 4 is 15.9 Å². The van der Waals surface area contributed by atoms with E-state index < -0.39 is 21.4 Å². The molecule has 3 fully saturated rings. The van der Waals surface area contributed by atoms with E-state index in [1.165, 1.54) is 16.4 Å². The molecule has 136 valence electrons. The van der Waals surface area contributed by atoms with Crippen LogP contribution in [0.5, 0.6) is 0 Å². The molecular formula is C18H23FN2O3S. The Balaban J connectivity index is 1.72. The summed E-state index contributed by atoms with van der Waals surface area (Å²) in [6.45, 7) is 2.64. The lowest BCUT2D eigenvalue weighted by molar-refractivity contribution is -0.145. The number of carbonyl (C=O) groups is 1. The molecule has 2 heterocycles. The minimum atomic E-state index is -3.90. The van der Waals surface area contributed by atoms with E-state index in [2.05, 4.69) is 0 Å². The number of benzene rings is 1. The van der Waals surface area contributed by atoms with E-state index >= 15 is 0 Å². The molecule has 1 aromatic rings. The van der Waals surface area contributed by atoms with Crippen molar-refractivity contribution in [3.05, 3.63) is 29.6 Å². The summed E-state index contributed by atoms with van der Waals surface area (Å²) >= 11 is 0. The second-order valence-corrected chi connectivity index (χ2v) is 9.32. The van der Waals surface area contributed by atoms with Crippen LogP contribution in [0.1, 0.15) is 44.1 Å². The fourth-order valence-electron chi connectivity index (χ4n) is 4.28. The van der Waals surface area contributed by atoms with E-state index in [0.717, 1.165) is 31.9 Å². The van der Waals surface area contributed by atoms with E-state index in [9.17, 15) is 17.6 Å². The third-order valence-corrected chi connectivity index (χ3v) is 7.76. The van der Waals surface area contributed by atoms with Gasteiger partial charge < -0.3 is 4.90 Å². The summed E-state index contributed by atoms with van der Waals surface area (Å²) in [4.78, 5) is 15.0. The first-order valence-corrected chi connectivity index (χ1v) is 10.4.